The molecule has 82 valence electrons. The van der Waals surface area contributed by atoms with Crippen molar-refractivity contribution in [2.45, 2.75) is 19.4 Å². The van der Waals surface area contributed by atoms with Crippen LogP contribution >= 0.6 is 11.3 Å². The first-order valence-electron chi connectivity index (χ1n) is 5.08. The Morgan fingerprint density at radius 3 is 3.19 bits per heavy atom. The molecule has 0 unspecified atom stereocenters. The Morgan fingerprint density at radius 1 is 1.44 bits per heavy atom. The van der Waals surface area contributed by atoms with Gasteiger partial charge in [0.25, 0.3) is 5.71 Å². The van der Waals surface area contributed by atoms with Gasteiger partial charge in [-0.1, -0.05) is 11.3 Å². The molecule has 2 aliphatic rings. The van der Waals surface area contributed by atoms with Crippen molar-refractivity contribution in [1.29, 1.82) is 0 Å². The van der Waals surface area contributed by atoms with E-state index in [1.807, 2.05) is 11.4 Å². The molecule has 0 amide bonds. The lowest BCUT2D eigenvalue weighted by atomic mass is 10.0. The third kappa shape index (κ3) is 1.39. The molecular formula is C11H10FN2OS+. The largest absolute Gasteiger partial charge is 0.317 e. The van der Waals surface area contributed by atoms with Gasteiger partial charge in [0.1, 0.15) is 11.5 Å². The maximum absolute atomic E-state index is 13.1. The van der Waals surface area contributed by atoms with Crippen LogP contribution in [0.15, 0.2) is 28.3 Å². The quantitative estimate of drug-likeness (QED) is 0.546. The van der Waals surface area contributed by atoms with Crippen LogP contribution < -0.4 is 0 Å². The van der Waals surface area contributed by atoms with Gasteiger partial charge in [-0.15, -0.1) is 0 Å². The van der Waals surface area contributed by atoms with E-state index in [1.165, 1.54) is 17.4 Å². The highest BCUT2D eigenvalue weighted by Gasteiger charge is 2.31. The Kier molecular flexibility index (Phi) is 2.14. The topological polar surface area (TPSA) is 35.6 Å². The molecular weight excluding hydrogens is 227 g/mol. The van der Waals surface area contributed by atoms with E-state index >= 15 is 0 Å². The fraction of sp³-hybridized carbons (Fsp3) is 0.273. The lowest BCUT2D eigenvalue weighted by molar-refractivity contribution is -0.710. The number of thiophene rings is 1. The molecule has 5 heteroatoms. The summed E-state index contributed by atoms with van der Waals surface area (Å²) in [7, 11) is 0. The molecule has 1 N–H and O–H groups in total. The normalized spacial score (nSPS) is 19.6. The summed E-state index contributed by atoms with van der Waals surface area (Å²) in [4.78, 5) is 4.33. The third-order valence-corrected chi connectivity index (χ3v) is 3.71. The van der Waals surface area contributed by atoms with Crippen LogP contribution in [0.5, 0.6) is 0 Å². The fourth-order valence-corrected chi connectivity index (χ4v) is 2.80. The maximum Gasteiger partial charge on any atom is 0.317 e. The second kappa shape index (κ2) is 3.52. The predicted octanol–water partition coefficient (Wildman–Crippen LogP) is 2.82. The van der Waals surface area contributed by atoms with Gasteiger partial charge in [0.05, 0.1) is 12.1 Å². The average Bonchev–Trinajstić information content (AvgIpc) is 2.69. The van der Waals surface area contributed by atoms with Gasteiger partial charge in [0, 0.05) is 23.7 Å². The summed E-state index contributed by atoms with van der Waals surface area (Å²) < 4.78 is 14.3. The zero-order valence-electron chi connectivity index (χ0n) is 8.48. The van der Waals surface area contributed by atoms with Crippen molar-refractivity contribution in [2.24, 2.45) is 4.99 Å². The highest BCUT2D eigenvalue weighted by atomic mass is 32.1. The molecule has 0 atom stereocenters. The molecule has 1 aliphatic carbocycles. The van der Waals surface area contributed by atoms with Gasteiger partial charge in [-0.2, -0.15) is 0 Å². The monoisotopic (exact) mass is 237 g/mol. The number of nitrogens with zero attached hydrogens (tertiary/aromatic N) is 2. The van der Waals surface area contributed by atoms with Crippen molar-refractivity contribution in [2.75, 3.05) is 0 Å². The lowest BCUT2D eigenvalue weighted by Crippen LogP contribution is -2.24. The Labute approximate surface area is 95.8 Å². The van der Waals surface area contributed by atoms with Gasteiger partial charge in [0.15, 0.2) is 0 Å². The smallest absolute Gasteiger partial charge is 0.283 e. The number of hydrogen-bond donors (Lipinski definition) is 1. The highest BCUT2D eigenvalue weighted by Crippen LogP contribution is 2.30. The molecule has 16 heavy (non-hydrogen) atoms. The molecule has 0 radical (unpaired) electrons. The number of halogens is 1. The van der Waals surface area contributed by atoms with Gasteiger partial charge in [-0.05, 0) is 11.4 Å². The minimum atomic E-state index is -0.166. The van der Waals surface area contributed by atoms with Crippen LogP contribution in [0.4, 0.5) is 9.39 Å². The molecule has 0 saturated carbocycles. The zero-order chi connectivity index (χ0) is 11.1. The molecule has 0 aromatic carbocycles. The molecule has 3 nitrogen and oxygen atoms in total. The predicted molar refractivity (Wildman–Crippen MR) is 60.6 cm³/mol. The van der Waals surface area contributed by atoms with Crippen LogP contribution in [0.3, 0.4) is 0 Å². The zero-order valence-corrected chi connectivity index (χ0v) is 9.30. The van der Waals surface area contributed by atoms with Crippen molar-refractivity contribution < 1.29 is 14.3 Å². The van der Waals surface area contributed by atoms with Crippen molar-refractivity contribution in [3.05, 3.63) is 28.9 Å². The summed E-state index contributed by atoms with van der Waals surface area (Å²) in [6.45, 7) is 0.499. The fourth-order valence-electron chi connectivity index (χ4n) is 1.95. The van der Waals surface area contributed by atoms with E-state index in [0.29, 0.717) is 30.8 Å². The molecule has 2 heterocycles. The summed E-state index contributed by atoms with van der Waals surface area (Å²) in [5.41, 5.74) is 2.24. The van der Waals surface area contributed by atoms with E-state index in [2.05, 4.69) is 4.99 Å². The molecule has 1 aliphatic heterocycles. The van der Waals surface area contributed by atoms with E-state index in [1.54, 1.807) is 0 Å². The molecule has 0 spiro atoms. The van der Waals surface area contributed by atoms with Crippen LogP contribution in [-0.2, 0) is 6.54 Å². The van der Waals surface area contributed by atoms with E-state index in [0.717, 1.165) is 15.3 Å². The van der Waals surface area contributed by atoms with Crippen LogP contribution in [0.25, 0.3) is 0 Å². The Morgan fingerprint density at radius 2 is 2.31 bits per heavy atom. The molecule has 0 saturated heterocycles. The third-order valence-electron chi connectivity index (χ3n) is 2.78. The van der Waals surface area contributed by atoms with Crippen LogP contribution in [-0.4, -0.2) is 21.4 Å². The summed E-state index contributed by atoms with van der Waals surface area (Å²) >= 11 is 1.47. The van der Waals surface area contributed by atoms with Crippen LogP contribution in [0, 0.1) is 0 Å². The highest BCUT2D eigenvalue weighted by molar-refractivity contribution is 7.13. The number of hydrogen-bond acceptors (Lipinski definition) is 3. The second-order valence-corrected chi connectivity index (χ2v) is 4.70. The van der Waals surface area contributed by atoms with Gasteiger partial charge in [0.2, 0.25) is 0 Å². The summed E-state index contributed by atoms with van der Waals surface area (Å²) in [5, 5.41) is 12.8. The first kappa shape index (κ1) is 9.72. The van der Waals surface area contributed by atoms with Gasteiger partial charge >= 0.3 is 5.00 Å². The summed E-state index contributed by atoms with van der Waals surface area (Å²) in [6.07, 6.45) is 2.25. The lowest BCUT2D eigenvalue weighted by Gasteiger charge is -2.06. The Hall–Kier alpha value is -1.49. The molecule has 1 aromatic heterocycles. The van der Waals surface area contributed by atoms with Crippen molar-refractivity contribution >= 4 is 27.8 Å². The number of allylic oxidation sites excluding steroid dienone is 2. The molecule has 3 rings (SSSR count). The summed E-state index contributed by atoms with van der Waals surface area (Å²) in [6, 6.07) is 1.94. The Bertz CT molecular complexity index is 542. The van der Waals surface area contributed by atoms with Crippen molar-refractivity contribution in [1.82, 2.24) is 0 Å². The van der Waals surface area contributed by atoms with Crippen LogP contribution in [0.1, 0.15) is 18.4 Å². The van der Waals surface area contributed by atoms with E-state index in [-0.39, 0.29) is 5.83 Å². The van der Waals surface area contributed by atoms with Crippen LogP contribution in [0.2, 0.25) is 0 Å². The minimum absolute atomic E-state index is 0.166. The molecule has 0 bridgehead atoms. The molecule has 1 aromatic rings. The van der Waals surface area contributed by atoms with Crippen molar-refractivity contribution in [3.8, 4) is 0 Å². The van der Waals surface area contributed by atoms with Gasteiger partial charge in [-0.3, -0.25) is 10.2 Å². The maximum atomic E-state index is 13.1. The van der Waals surface area contributed by atoms with E-state index in [4.69, 9.17) is 0 Å². The number of fused-ring (bicyclic) bond motifs is 2. The number of rotatable bonds is 0. The Balaban J connectivity index is 2.19. The SMILES string of the molecule is O[N+]1=C2CCC(F)=CC2=NCc2ccsc21. The molecule has 0 fully saturated rings. The van der Waals surface area contributed by atoms with E-state index in [9.17, 15) is 9.60 Å². The summed E-state index contributed by atoms with van der Waals surface area (Å²) in [5.74, 6) is -0.166. The van der Waals surface area contributed by atoms with Gasteiger partial charge < -0.3 is 0 Å². The standard InChI is InChI=1S/C11H10FN2OS/c12-8-1-2-10-9(5-8)13-6-7-3-4-16-11(7)14(10)15/h3-5,15H,1-2,6H2/q+1. The minimum Gasteiger partial charge on any atom is -0.283 e. The number of aliphatic imine (C=N–C) groups is 1. The first-order chi connectivity index (χ1) is 7.75. The first-order valence-corrected chi connectivity index (χ1v) is 5.96. The average molecular weight is 237 g/mol. The van der Waals surface area contributed by atoms with E-state index < -0.39 is 0 Å². The van der Waals surface area contributed by atoms with Gasteiger partial charge in [-0.25, -0.2) is 4.39 Å². The van der Waals surface area contributed by atoms with Crippen molar-refractivity contribution in [3.63, 3.8) is 0 Å². The second-order valence-electron chi connectivity index (χ2n) is 3.80.